The van der Waals surface area contributed by atoms with E-state index in [1.54, 1.807) is 11.3 Å². The quantitative estimate of drug-likeness (QED) is 0.206. The highest BCUT2D eigenvalue weighted by Gasteiger charge is 2.07. The summed E-state index contributed by atoms with van der Waals surface area (Å²) in [5, 5.41) is 8.90. The molecule has 0 unspecified atom stereocenters. The predicted molar refractivity (Wildman–Crippen MR) is 122 cm³/mol. The Morgan fingerprint density at radius 1 is 1.00 bits per heavy atom. The first kappa shape index (κ1) is 18.1. The Bertz CT molecular complexity index is 1170. The first-order chi connectivity index (χ1) is 13.2. The highest BCUT2D eigenvalue weighted by molar-refractivity contribution is 14.1. The van der Waals surface area contributed by atoms with E-state index < -0.39 is 0 Å². The molecule has 1 heterocycles. The van der Waals surface area contributed by atoms with Crippen molar-refractivity contribution in [2.45, 2.75) is 13.5 Å². The zero-order valence-electron chi connectivity index (χ0n) is 14.8. The van der Waals surface area contributed by atoms with Crippen molar-refractivity contribution in [2.75, 3.05) is 0 Å². The molecule has 1 aromatic heterocycles. The van der Waals surface area contributed by atoms with Gasteiger partial charge in [0.25, 0.3) is 0 Å². The molecule has 27 heavy (non-hydrogen) atoms. The maximum Gasteiger partial charge on any atom is 0.211 e. The molecule has 4 rings (SSSR count). The van der Waals surface area contributed by atoms with E-state index in [1.807, 2.05) is 24.4 Å². The number of aryl methyl sites for hydroxylation is 1. The van der Waals surface area contributed by atoms with Crippen LogP contribution >= 0.6 is 33.9 Å². The summed E-state index contributed by atoms with van der Waals surface area (Å²) in [5.41, 5.74) is 4.75. The van der Waals surface area contributed by atoms with Crippen LogP contribution in [-0.2, 0) is 6.54 Å². The lowest BCUT2D eigenvalue weighted by Gasteiger charge is -2.05. The summed E-state index contributed by atoms with van der Waals surface area (Å²) in [6, 6.07) is 25.2. The number of hydrogen-bond acceptors (Lipinski definition) is 3. The number of hydrogen-bond donors (Lipinski definition) is 0. The molecule has 0 aliphatic carbocycles. The van der Waals surface area contributed by atoms with Crippen molar-refractivity contribution in [1.29, 1.82) is 0 Å². The molecule has 0 bridgehead atoms. The van der Waals surface area contributed by atoms with Crippen LogP contribution in [0.1, 0.15) is 16.7 Å². The maximum absolute atomic E-state index is 4.54. The second kappa shape index (κ2) is 8.19. The molecule has 0 spiro atoms. The fourth-order valence-electron chi connectivity index (χ4n) is 2.91. The number of nitrogens with zero attached hydrogens (tertiary/aromatic N) is 3. The topological polar surface area (TPSA) is 29.6 Å². The highest BCUT2D eigenvalue weighted by atomic mass is 127. The van der Waals surface area contributed by atoms with Crippen LogP contribution in [0.15, 0.2) is 83.0 Å². The Morgan fingerprint density at radius 2 is 1.85 bits per heavy atom. The van der Waals surface area contributed by atoms with Gasteiger partial charge in [0.2, 0.25) is 4.80 Å². The molecule has 0 aliphatic rings. The summed E-state index contributed by atoms with van der Waals surface area (Å²) in [6.07, 6.45) is 1.81. The lowest BCUT2D eigenvalue weighted by molar-refractivity contribution is 0.789. The van der Waals surface area contributed by atoms with Crippen molar-refractivity contribution in [3.63, 3.8) is 0 Å². The molecule has 0 aliphatic heterocycles. The highest BCUT2D eigenvalue weighted by Crippen LogP contribution is 2.20. The molecule has 0 atom stereocenters. The summed E-state index contributed by atoms with van der Waals surface area (Å²) in [6.45, 7) is 2.90. The van der Waals surface area contributed by atoms with Crippen molar-refractivity contribution >= 4 is 50.4 Å². The molecular weight excluding hydrogens is 465 g/mol. The summed E-state index contributed by atoms with van der Waals surface area (Å²) in [7, 11) is 0. The van der Waals surface area contributed by atoms with E-state index in [2.05, 4.69) is 98.9 Å². The monoisotopic (exact) mass is 483 g/mol. The Balaban J connectivity index is 1.77. The van der Waals surface area contributed by atoms with E-state index >= 15 is 0 Å². The minimum atomic E-state index is 0.779. The SMILES string of the molecule is Cc1ccc2c(c1)s/c(=N\N=C/c1cccc(I)c1)n2Cc1ccccc1. The van der Waals surface area contributed by atoms with Crippen molar-refractivity contribution in [1.82, 2.24) is 4.57 Å². The van der Waals surface area contributed by atoms with Crippen molar-refractivity contribution in [2.24, 2.45) is 10.2 Å². The van der Waals surface area contributed by atoms with Crippen molar-refractivity contribution in [3.8, 4) is 0 Å². The van der Waals surface area contributed by atoms with Gasteiger partial charge >= 0.3 is 0 Å². The van der Waals surface area contributed by atoms with E-state index in [-0.39, 0.29) is 0 Å². The molecule has 134 valence electrons. The van der Waals surface area contributed by atoms with Gasteiger partial charge in [-0.25, -0.2) is 0 Å². The third-order valence-corrected chi connectivity index (χ3v) is 5.92. The van der Waals surface area contributed by atoms with Crippen LogP contribution in [0.3, 0.4) is 0 Å². The lowest BCUT2D eigenvalue weighted by Crippen LogP contribution is -2.15. The zero-order chi connectivity index (χ0) is 18.6. The normalized spacial score (nSPS) is 12.3. The summed E-state index contributed by atoms with van der Waals surface area (Å²) in [4.78, 5) is 0.904. The molecule has 0 amide bonds. The van der Waals surface area contributed by atoms with Crippen LogP contribution in [0.25, 0.3) is 10.2 Å². The largest absolute Gasteiger partial charge is 0.311 e. The van der Waals surface area contributed by atoms with Gasteiger partial charge in [-0.15, -0.1) is 5.10 Å². The van der Waals surface area contributed by atoms with E-state index in [9.17, 15) is 0 Å². The van der Waals surface area contributed by atoms with Crippen molar-refractivity contribution < 1.29 is 0 Å². The molecule has 5 heteroatoms. The Morgan fingerprint density at radius 3 is 2.67 bits per heavy atom. The maximum atomic E-state index is 4.54. The van der Waals surface area contributed by atoms with Gasteiger partial charge < -0.3 is 4.57 Å². The molecule has 3 nitrogen and oxygen atoms in total. The number of fused-ring (bicyclic) bond motifs is 1. The lowest BCUT2D eigenvalue weighted by atomic mass is 10.2. The summed E-state index contributed by atoms with van der Waals surface area (Å²) in [5.74, 6) is 0. The third kappa shape index (κ3) is 4.36. The Labute approximate surface area is 175 Å². The number of benzene rings is 3. The second-order valence-corrected chi connectivity index (χ2v) is 8.58. The molecule has 0 fully saturated rings. The third-order valence-electron chi connectivity index (χ3n) is 4.22. The van der Waals surface area contributed by atoms with Gasteiger partial charge in [-0.1, -0.05) is 59.9 Å². The molecule has 0 N–H and O–H groups in total. The van der Waals surface area contributed by atoms with Crippen LogP contribution in [0, 0.1) is 10.5 Å². The van der Waals surface area contributed by atoms with Gasteiger partial charge in [0.15, 0.2) is 0 Å². The van der Waals surface area contributed by atoms with Gasteiger partial charge in [0.1, 0.15) is 0 Å². The van der Waals surface area contributed by atoms with Gasteiger partial charge in [0, 0.05) is 3.57 Å². The van der Waals surface area contributed by atoms with Gasteiger partial charge in [-0.3, -0.25) is 0 Å². The average molecular weight is 483 g/mol. The van der Waals surface area contributed by atoms with Crippen LogP contribution in [0.5, 0.6) is 0 Å². The van der Waals surface area contributed by atoms with E-state index in [0.717, 1.165) is 16.9 Å². The smallest absolute Gasteiger partial charge is 0.211 e. The minimum absolute atomic E-state index is 0.779. The summed E-state index contributed by atoms with van der Waals surface area (Å²) >= 11 is 3.98. The standard InChI is InChI=1S/C22H18IN3S/c1-16-10-11-20-21(12-16)27-22(26(20)15-17-6-3-2-4-7-17)25-24-14-18-8-5-9-19(23)13-18/h2-14H,15H2,1H3/b24-14-,25-22-. The number of rotatable bonds is 4. The Hall–Kier alpha value is -2.25. The number of halogens is 1. The predicted octanol–water partition coefficient (Wildman–Crippen LogP) is 5.60. The minimum Gasteiger partial charge on any atom is -0.311 e. The average Bonchev–Trinajstić information content (AvgIpc) is 2.99. The number of thiazole rings is 1. The fraction of sp³-hybridized carbons (Fsp3) is 0.0909. The molecule has 0 saturated carbocycles. The van der Waals surface area contributed by atoms with Gasteiger partial charge in [0.05, 0.1) is 23.0 Å². The van der Waals surface area contributed by atoms with Crippen molar-refractivity contribution in [3.05, 3.63) is 97.9 Å². The zero-order valence-corrected chi connectivity index (χ0v) is 17.8. The van der Waals surface area contributed by atoms with Crippen LogP contribution in [-0.4, -0.2) is 10.8 Å². The van der Waals surface area contributed by atoms with E-state index in [0.29, 0.717) is 0 Å². The Kier molecular flexibility index (Phi) is 5.50. The molecule has 3 aromatic carbocycles. The van der Waals surface area contributed by atoms with E-state index in [1.165, 1.54) is 24.9 Å². The fourth-order valence-corrected chi connectivity index (χ4v) is 4.56. The van der Waals surface area contributed by atoms with Crippen LogP contribution in [0.4, 0.5) is 0 Å². The van der Waals surface area contributed by atoms with Gasteiger partial charge in [-0.05, 0) is 70.5 Å². The van der Waals surface area contributed by atoms with Gasteiger partial charge in [-0.2, -0.15) is 5.10 Å². The molecule has 0 saturated heterocycles. The van der Waals surface area contributed by atoms with Crippen LogP contribution in [0.2, 0.25) is 0 Å². The molecule has 0 radical (unpaired) electrons. The summed E-state index contributed by atoms with van der Waals surface area (Å²) < 4.78 is 4.66. The molecule has 4 aromatic rings. The first-order valence-corrected chi connectivity index (χ1v) is 10.6. The number of aromatic nitrogens is 1. The second-order valence-electron chi connectivity index (χ2n) is 6.33. The van der Waals surface area contributed by atoms with E-state index in [4.69, 9.17) is 0 Å². The molecular formula is C22H18IN3S. The first-order valence-electron chi connectivity index (χ1n) is 8.65. The van der Waals surface area contributed by atoms with Crippen LogP contribution < -0.4 is 4.80 Å².